The number of ether oxygens (including phenoxy) is 3. The van der Waals surface area contributed by atoms with Crippen LogP contribution in [0.2, 0.25) is 0 Å². The van der Waals surface area contributed by atoms with E-state index in [0.29, 0.717) is 56.5 Å². The molecule has 7 heteroatoms. The summed E-state index contributed by atoms with van der Waals surface area (Å²) in [5.74, 6) is 1.15. The van der Waals surface area contributed by atoms with Gasteiger partial charge in [0.15, 0.2) is 11.5 Å². The Kier molecular flexibility index (Phi) is 7.54. The molecule has 0 aliphatic carbocycles. The highest BCUT2D eigenvalue weighted by Crippen LogP contribution is 2.29. The van der Waals surface area contributed by atoms with E-state index in [-0.39, 0.29) is 12.0 Å². The minimum atomic E-state index is -0.526. The Labute approximate surface area is 167 Å². The zero-order valence-corrected chi connectivity index (χ0v) is 17.6. The monoisotopic (exact) mass is 392 g/mol. The fourth-order valence-corrected chi connectivity index (χ4v) is 2.84. The van der Waals surface area contributed by atoms with Crippen molar-refractivity contribution in [1.82, 2.24) is 9.80 Å². The lowest BCUT2D eigenvalue weighted by Gasteiger charge is -2.35. The summed E-state index contributed by atoms with van der Waals surface area (Å²) in [4.78, 5) is 28.4. The first kappa shape index (κ1) is 21.9. The molecule has 1 saturated heterocycles. The van der Waals surface area contributed by atoms with Crippen LogP contribution in [0.3, 0.4) is 0 Å². The lowest BCUT2D eigenvalue weighted by Crippen LogP contribution is -2.51. The highest BCUT2D eigenvalue weighted by atomic mass is 16.6. The third-order valence-electron chi connectivity index (χ3n) is 4.17. The van der Waals surface area contributed by atoms with E-state index < -0.39 is 5.60 Å². The molecule has 0 radical (unpaired) electrons. The summed E-state index contributed by atoms with van der Waals surface area (Å²) < 4.78 is 16.7. The van der Waals surface area contributed by atoms with Gasteiger partial charge in [0.1, 0.15) is 5.60 Å². The van der Waals surface area contributed by atoms with Crippen LogP contribution in [0.5, 0.6) is 11.5 Å². The van der Waals surface area contributed by atoms with Crippen molar-refractivity contribution in [3.8, 4) is 11.5 Å². The van der Waals surface area contributed by atoms with Crippen LogP contribution < -0.4 is 9.47 Å². The average Bonchev–Trinajstić information content (AvgIpc) is 2.65. The Hall–Kier alpha value is -2.44. The summed E-state index contributed by atoms with van der Waals surface area (Å²) in [6.07, 6.45) is 0.560. The highest BCUT2D eigenvalue weighted by Gasteiger charge is 2.28. The molecule has 1 heterocycles. The summed E-state index contributed by atoms with van der Waals surface area (Å²) in [5, 5.41) is 0. The average molecular weight is 392 g/mol. The van der Waals surface area contributed by atoms with Crippen molar-refractivity contribution in [1.29, 1.82) is 0 Å². The number of benzene rings is 1. The number of piperazine rings is 1. The van der Waals surface area contributed by atoms with Crippen LogP contribution >= 0.6 is 0 Å². The highest BCUT2D eigenvalue weighted by molar-refractivity contribution is 5.95. The van der Waals surface area contributed by atoms with Gasteiger partial charge >= 0.3 is 6.09 Å². The molecule has 0 bridgehead atoms. The minimum absolute atomic E-state index is 0.0770. The van der Waals surface area contributed by atoms with Gasteiger partial charge in [-0.2, -0.15) is 0 Å². The summed E-state index contributed by atoms with van der Waals surface area (Å²) in [6.45, 7) is 12.4. The van der Waals surface area contributed by atoms with Crippen molar-refractivity contribution in [3.63, 3.8) is 0 Å². The molecule has 2 amide bonds. The molecule has 0 spiro atoms. The molecule has 1 aliphatic rings. The molecule has 1 aromatic carbocycles. The van der Waals surface area contributed by atoms with E-state index in [4.69, 9.17) is 14.2 Å². The van der Waals surface area contributed by atoms with Gasteiger partial charge in [0.2, 0.25) is 0 Å². The molecular formula is C21H32N2O5. The molecule has 0 N–H and O–H groups in total. The topological polar surface area (TPSA) is 68.3 Å². The third kappa shape index (κ3) is 6.04. The molecule has 1 fully saturated rings. The Morgan fingerprint density at radius 3 is 2.18 bits per heavy atom. The Balaban J connectivity index is 2.01. The van der Waals surface area contributed by atoms with Gasteiger partial charge in [0, 0.05) is 31.7 Å². The Morgan fingerprint density at radius 1 is 0.964 bits per heavy atom. The largest absolute Gasteiger partial charge is 0.490 e. The number of hydrogen-bond acceptors (Lipinski definition) is 5. The minimum Gasteiger partial charge on any atom is -0.490 e. The van der Waals surface area contributed by atoms with Crippen LogP contribution in [0.15, 0.2) is 18.2 Å². The molecule has 0 unspecified atom stereocenters. The molecule has 28 heavy (non-hydrogen) atoms. The first-order chi connectivity index (χ1) is 13.2. The second-order valence-corrected chi connectivity index (χ2v) is 7.70. The zero-order chi connectivity index (χ0) is 20.7. The SMILES string of the molecule is CCCOc1ccc(C(=O)N2CCN(C(=O)OC(C)(C)C)CC2)cc1OCC. The van der Waals surface area contributed by atoms with E-state index in [1.807, 2.05) is 34.6 Å². The molecule has 156 valence electrons. The van der Waals surface area contributed by atoms with E-state index >= 15 is 0 Å². The van der Waals surface area contributed by atoms with Gasteiger partial charge in [-0.15, -0.1) is 0 Å². The first-order valence-electron chi connectivity index (χ1n) is 9.92. The summed E-state index contributed by atoms with van der Waals surface area (Å²) >= 11 is 0. The van der Waals surface area contributed by atoms with Crippen LogP contribution in [0.4, 0.5) is 4.79 Å². The van der Waals surface area contributed by atoms with Crippen molar-refractivity contribution in [3.05, 3.63) is 23.8 Å². The van der Waals surface area contributed by atoms with E-state index in [0.717, 1.165) is 6.42 Å². The van der Waals surface area contributed by atoms with E-state index in [2.05, 4.69) is 0 Å². The fraction of sp³-hybridized carbons (Fsp3) is 0.619. The van der Waals surface area contributed by atoms with Crippen molar-refractivity contribution in [2.45, 2.75) is 46.6 Å². The van der Waals surface area contributed by atoms with Crippen molar-refractivity contribution >= 4 is 12.0 Å². The predicted octanol–water partition coefficient (Wildman–Crippen LogP) is 3.57. The van der Waals surface area contributed by atoms with Gasteiger partial charge in [-0.1, -0.05) is 6.92 Å². The number of nitrogens with zero attached hydrogens (tertiary/aromatic N) is 2. The maximum Gasteiger partial charge on any atom is 0.410 e. The third-order valence-corrected chi connectivity index (χ3v) is 4.17. The number of carbonyl (C=O) groups is 2. The molecule has 7 nitrogen and oxygen atoms in total. The van der Waals surface area contributed by atoms with Crippen LogP contribution in [-0.4, -0.2) is 66.8 Å². The van der Waals surface area contributed by atoms with Crippen LogP contribution in [0.1, 0.15) is 51.4 Å². The second kappa shape index (κ2) is 9.66. The number of rotatable bonds is 6. The predicted molar refractivity (Wildman–Crippen MR) is 107 cm³/mol. The molecule has 0 saturated carbocycles. The summed E-state index contributed by atoms with van der Waals surface area (Å²) in [6, 6.07) is 5.28. The second-order valence-electron chi connectivity index (χ2n) is 7.70. The quantitative estimate of drug-likeness (QED) is 0.740. The molecule has 1 aliphatic heterocycles. The van der Waals surface area contributed by atoms with E-state index in [9.17, 15) is 9.59 Å². The lowest BCUT2D eigenvalue weighted by atomic mass is 10.1. The summed E-state index contributed by atoms with van der Waals surface area (Å²) in [7, 11) is 0. The van der Waals surface area contributed by atoms with Crippen molar-refractivity contribution in [2.75, 3.05) is 39.4 Å². The van der Waals surface area contributed by atoms with Gasteiger partial charge in [0.05, 0.1) is 13.2 Å². The molecule has 1 aromatic rings. The number of amides is 2. The standard InChI is InChI=1S/C21H32N2O5/c1-6-14-27-17-9-8-16(15-18(17)26-7-2)19(24)22-10-12-23(13-11-22)20(25)28-21(3,4)5/h8-9,15H,6-7,10-14H2,1-5H3. The van der Waals surface area contributed by atoms with Gasteiger partial charge in [-0.25, -0.2) is 4.79 Å². The number of hydrogen-bond donors (Lipinski definition) is 0. The van der Waals surface area contributed by atoms with Crippen LogP contribution in [0, 0.1) is 0 Å². The van der Waals surface area contributed by atoms with Gasteiger partial charge < -0.3 is 24.0 Å². The Bertz CT molecular complexity index is 676. The van der Waals surface area contributed by atoms with Crippen LogP contribution in [-0.2, 0) is 4.74 Å². The van der Waals surface area contributed by atoms with Crippen LogP contribution in [0.25, 0.3) is 0 Å². The lowest BCUT2D eigenvalue weighted by molar-refractivity contribution is 0.0141. The smallest absolute Gasteiger partial charge is 0.410 e. The fourth-order valence-electron chi connectivity index (χ4n) is 2.84. The number of carbonyl (C=O) groups excluding carboxylic acids is 2. The maximum atomic E-state index is 12.9. The molecule has 2 rings (SSSR count). The Morgan fingerprint density at radius 2 is 1.61 bits per heavy atom. The van der Waals surface area contributed by atoms with E-state index in [1.54, 1.807) is 28.0 Å². The van der Waals surface area contributed by atoms with Gasteiger partial charge in [0.25, 0.3) is 5.91 Å². The van der Waals surface area contributed by atoms with Crippen molar-refractivity contribution in [2.24, 2.45) is 0 Å². The van der Waals surface area contributed by atoms with Gasteiger partial charge in [-0.05, 0) is 52.3 Å². The van der Waals surface area contributed by atoms with E-state index in [1.165, 1.54) is 0 Å². The molecular weight excluding hydrogens is 360 g/mol. The normalized spacial score (nSPS) is 14.6. The first-order valence-corrected chi connectivity index (χ1v) is 9.92. The van der Waals surface area contributed by atoms with Gasteiger partial charge in [-0.3, -0.25) is 4.79 Å². The molecule has 0 atom stereocenters. The maximum absolute atomic E-state index is 12.9. The molecule has 0 aromatic heterocycles. The van der Waals surface area contributed by atoms with Crippen molar-refractivity contribution < 1.29 is 23.8 Å². The summed E-state index contributed by atoms with van der Waals surface area (Å²) in [5.41, 5.74) is 0.0272. The zero-order valence-electron chi connectivity index (χ0n) is 17.6.